The molecular formula is C14H22O2. The van der Waals surface area contributed by atoms with Crippen LogP contribution in [0.25, 0.3) is 0 Å². The molecule has 2 rings (SSSR count). The van der Waals surface area contributed by atoms with Crippen molar-refractivity contribution in [3.05, 3.63) is 0 Å². The molecule has 2 aliphatic carbocycles. The molecule has 0 spiro atoms. The number of carbonyl (C=O) groups excluding carboxylic acids is 2. The quantitative estimate of drug-likeness (QED) is 0.719. The SMILES string of the molecule is CC1CCCC(C(=O)C2CCCC(=O)C2)C1. The van der Waals surface area contributed by atoms with Crippen LogP contribution in [0.1, 0.15) is 58.3 Å². The second-order valence-electron chi connectivity index (χ2n) is 5.70. The molecular weight excluding hydrogens is 200 g/mol. The standard InChI is InChI=1S/C14H22O2/c1-10-4-2-5-11(8-10)14(16)12-6-3-7-13(15)9-12/h10-12H,2-9H2,1H3. The monoisotopic (exact) mass is 222 g/mol. The summed E-state index contributed by atoms with van der Waals surface area (Å²) in [6, 6.07) is 0. The Hall–Kier alpha value is -0.660. The number of rotatable bonds is 2. The van der Waals surface area contributed by atoms with Gasteiger partial charge in [-0.3, -0.25) is 9.59 Å². The molecule has 0 N–H and O–H groups in total. The Bertz CT molecular complexity index is 282. The summed E-state index contributed by atoms with van der Waals surface area (Å²) in [4.78, 5) is 23.7. The van der Waals surface area contributed by atoms with Crippen LogP contribution >= 0.6 is 0 Å². The highest BCUT2D eigenvalue weighted by molar-refractivity contribution is 5.90. The van der Waals surface area contributed by atoms with Crippen molar-refractivity contribution in [1.82, 2.24) is 0 Å². The molecule has 0 aliphatic heterocycles. The number of Topliss-reactive ketones (excluding diaryl/α,β-unsaturated/α-hetero) is 2. The Morgan fingerprint density at radius 1 is 1.12 bits per heavy atom. The van der Waals surface area contributed by atoms with Gasteiger partial charge in [0.25, 0.3) is 0 Å². The number of ketones is 2. The minimum Gasteiger partial charge on any atom is -0.300 e. The van der Waals surface area contributed by atoms with Gasteiger partial charge < -0.3 is 0 Å². The van der Waals surface area contributed by atoms with Crippen molar-refractivity contribution in [1.29, 1.82) is 0 Å². The first-order valence-corrected chi connectivity index (χ1v) is 6.72. The molecule has 0 aromatic rings. The lowest BCUT2D eigenvalue weighted by molar-refractivity contribution is -0.133. The van der Waals surface area contributed by atoms with Crippen LogP contribution in [0.3, 0.4) is 0 Å². The summed E-state index contributed by atoms with van der Waals surface area (Å²) in [5.74, 6) is 1.73. The average Bonchev–Trinajstić information content (AvgIpc) is 2.28. The van der Waals surface area contributed by atoms with Crippen LogP contribution in [0.4, 0.5) is 0 Å². The fraction of sp³-hybridized carbons (Fsp3) is 0.857. The molecule has 2 heteroatoms. The summed E-state index contributed by atoms with van der Waals surface area (Å²) in [7, 11) is 0. The van der Waals surface area contributed by atoms with Crippen molar-refractivity contribution < 1.29 is 9.59 Å². The van der Waals surface area contributed by atoms with Crippen LogP contribution in [0.15, 0.2) is 0 Å². The van der Waals surface area contributed by atoms with E-state index in [4.69, 9.17) is 0 Å². The van der Waals surface area contributed by atoms with Gasteiger partial charge in [-0.25, -0.2) is 0 Å². The average molecular weight is 222 g/mol. The molecule has 3 atom stereocenters. The summed E-state index contributed by atoms with van der Waals surface area (Å²) < 4.78 is 0. The van der Waals surface area contributed by atoms with Crippen molar-refractivity contribution in [3.8, 4) is 0 Å². The molecule has 0 aromatic carbocycles. The van der Waals surface area contributed by atoms with Gasteiger partial charge >= 0.3 is 0 Å². The molecule has 3 unspecified atom stereocenters. The highest BCUT2D eigenvalue weighted by Crippen LogP contribution is 2.34. The summed E-state index contributed by atoms with van der Waals surface area (Å²) in [5, 5.41) is 0. The first-order chi connectivity index (χ1) is 7.66. The van der Waals surface area contributed by atoms with E-state index in [1.807, 2.05) is 0 Å². The Morgan fingerprint density at radius 3 is 2.56 bits per heavy atom. The predicted molar refractivity (Wildman–Crippen MR) is 63.1 cm³/mol. The minimum absolute atomic E-state index is 0.0662. The third kappa shape index (κ3) is 2.72. The van der Waals surface area contributed by atoms with E-state index >= 15 is 0 Å². The zero-order valence-corrected chi connectivity index (χ0v) is 10.2. The van der Waals surface area contributed by atoms with Gasteiger partial charge in [-0.15, -0.1) is 0 Å². The van der Waals surface area contributed by atoms with Gasteiger partial charge in [-0.1, -0.05) is 19.8 Å². The van der Waals surface area contributed by atoms with E-state index in [0.29, 0.717) is 30.3 Å². The van der Waals surface area contributed by atoms with E-state index in [9.17, 15) is 9.59 Å². The molecule has 2 saturated carbocycles. The maximum Gasteiger partial charge on any atom is 0.139 e. The normalized spacial score (nSPS) is 36.1. The molecule has 0 heterocycles. The largest absolute Gasteiger partial charge is 0.300 e. The molecule has 2 nitrogen and oxygen atoms in total. The van der Waals surface area contributed by atoms with E-state index in [-0.39, 0.29) is 11.8 Å². The molecule has 0 amide bonds. The van der Waals surface area contributed by atoms with Crippen molar-refractivity contribution in [3.63, 3.8) is 0 Å². The van der Waals surface area contributed by atoms with E-state index in [1.54, 1.807) is 0 Å². The maximum absolute atomic E-state index is 12.3. The summed E-state index contributed by atoms with van der Waals surface area (Å²) in [5.41, 5.74) is 0. The highest BCUT2D eigenvalue weighted by Gasteiger charge is 2.32. The second-order valence-corrected chi connectivity index (χ2v) is 5.70. The Morgan fingerprint density at radius 2 is 1.88 bits per heavy atom. The van der Waals surface area contributed by atoms with Gasteiger partial charge in [0.05, 0.1) is 0 Å². The Kier molecular flexibility index (Phi) is 3.78. The van der Waals surface area contributed by atoms with Crippen LogP contribution < -0.4 is 0 Å². The van der Waals surface area contributed by atoms with E-state index < -0.39 is 0 Å². The Balaban J connectivity index is 1.92. The van der Waals surface area contributed by atoms with Gasteiger partial charge in [0.15, 0.2) is 0 Å². The maximum atomic E-state index is 12.3. The lowest BCUT2D eigenvalue weighted by Crippen LogP contribution is -2.31. The van der Waals surface area contributed by atoms with Crippen LogP contribution in [0, 0.1) is 17.8 Å². The van der Waals surface area contributed by atoms with Crippen LogP contribution in [0.2, 0.25) is 0 Å². The molecule has 90 valence electrons. The van der Waals surface area contributed by atoms with Crippen LogP contribution in [-0.4, -0.2) is 11.6 Å². The van der Waals surface area contributed by atoms with E-state index in [1.165, 1.54) is 12.8 Å². The predicted octanol–water partition coefficient (Wildman–Crippen LogP) is 3.14. The molecule has 0 bridgehead atoms. The molecule has 0 radical (unpaired) electrons. The van der Waals surface area contributed by atoms with Gasteiger partial charge in [-0.05, 0) is 31.6 Å². The molecule has 2 fully saturated rings. The van der Waals surface area contributed by atoms with Gasteiger partial charge in [-0.2, -0.15) is 0 Å². The zero-order valence-electron chi connectivity index (χ0n) is 10.2. The summed E-state index contributed by atoms with van der Waals surface area (Å²) >= 11 is 0. The molecule has 2 aliphatic rings. The van der Waals surface area contributed by atoms with Crippen LogP contribution in [0.5, 0.6) is 0 Å². The lowest BCUT2D eigenvalue weighted by Gasteiger charge is -2.29. The van der Waals surface area contributed by atoms with Crippen molar-refractivity contribution >= 4 is 11.6 Å². The third-order valence-electron chi connectivity index (χ3n) is 4.22. The van der Waals surface area contributed by atoms with E-state index in [2.05, 4.69) is 6.92 Å². The first-order valence-electron chi connectivity index (χ1n) is 6.72. The highest BCUT2D eigenvalue weighted by atomic mass is 16.1. The zero-order chi connectivity index (χ0) is 11.5. The second kappa shape index (κ2) is 5.11. The molecule has 16 heavy (non-hydrogen) atoms. The van der Waals surface area contributed by atoms with Crippen molar-refractivity contribution in [2.24, 2.45) is 17.8 Å². The van der Waals surface area contributed by atoms with Gasteiger partial charge in [0, 0.05) is 24.7 Å². The first kappa shape index (κ1) is 11.8. The fourth-order valence-electron chi connectivity index (χ4n) is 3.29. The fourth-order valence-corrected chi connectivity index (χ4v) is 3.29. The van der Waals surface area contributed by atoms with Gasteiger partial charge in [0.2, 0.25) is 0 Å². The minimum atomic E-state index is 0.0662. The smallest absolute Gasteiger partial charge is 0.139 e. The van der Waals surface area contributed by atoms with Crippen molar-refractivity contribution in [2.75, 3.05) is 0 Å². The molecule has 0 aromatic heterocycles. The lowest BCUT2D eigenvalue weighted by atomic mass is 9.74. The number of carbonyl (C=O) groups is 2. The topological polar surface area (TPSA) is 34.1 Å². The van der Waals surface area contributed by atoms with E-state index in [0.717, 1.165) is 25.7 Å². The van der Waals surface area contributed by atoms with Crippen molar-refractivity contribution in [2.45, 2.75) is 58.3 Å². The summed E-state index contributed by atoms with van der Waals surface area (Å²) in [6.45, 7) is 2.24. The number of hydrogen-bond donors (Lipinski definition) is 0. The summed E-state index contributed by atoms with van der Waals surface area (Å²) in [6.07, 6.45) is 7.70. The third-order valence-corrected chi connectivity index (χ3v) is 4.22. The van der Waals surface area contributed by atoms with Crippen LogP contribution in [-0.2, 0) is 9.59 Å². The molecule has 0 saturated heterocycles. The van der Waals surface area contributed by atoms with Gasteiger partial charge in [0.1, 0.15) is 11.6 Å². The Labute approximate surface area is 97.8 Å². The number of hydrogen-bond acceptors (Lipinski definition) is 2.